The molecule has 1 aromatic carbocycles. The highest BCUT2D eigenvalue weighted by Gasteiger charge is 2.08. The molecule has 112 valence electrons. The summed E-state index contributed by atoms with van der Waals surface area (Å²) in [5, 5.41) is 3.44. The van der Waals surface area contributed by atoms with Crippen LogP contribution in [0.3, 0.4) is 0 Å². The molecule has 2 rings (SSSR count). The van der Waals surface area contributed by atoms with E-state index >= 15 is 0 Å². The molecule has 0 aliphatic rings. The first-order chi connectivity index (χ1) is 10.0. The molecule has 0 spiro atoms. The van der Waals surface area contributed by atoms with E-state index in [1.54, 1.807) is 0 Å². The molecule has 0 fully saturated rings. The summed E-state index contributed by atoms with van der Waals surface area (Å²) >= 11 is 0. The molecule has 21 heavy (non-hydrogen) atoms. The molecule has 3 heteroatoms. The minimum atomic E-state index is 0.377. The second-order valence-electron chi connectivity index (χ2n) is 5.84. The van der Waals surface area contributed by atoms with Crippen LogP contribution >= 0.6 is 0 Å². The van der Waals surface area contributed by atoms with Crippen molar-refractivity contribution in [3.05, 3.63) is 53.7 Å². The average molecular weight is 284 g/mol. The molecule has 0 aliphatic heterocycles. The van der Waals surface area contributed by atoms with Crippen LogP contribution in [0.15, 0.2) is 42.5 Å². The normalized spacial score (nSPS) is 11.1. The maximum Gasteiger partial charge on any atom is 0.219 e. The molecule has 0 saturated carbocycles. The van der Waals surface area contributed by atoms with Crippen molar-refractivity contribution in [3.63, 3.8) is 0 Å². The van der Waals surface area contributed by atoms with Crippen molar-refractivity contribution >= 4 is 0 Å². The number of pyridine rings is 1. The van der Waals surface area contributed by atoms with E-state index in [2.05, 4.69) is 44.1 Å². The molecule has 3 nitrogen and oxygen atoms in total. The van der Waals surface area contributed by atoms with Gasteiger partial charge in [-0.1, -0.05) is 45.9 Å². The number of hydrogen-bond donors (Lipinski definition) is 1. The van der Waals surface area contributed by atoms with Gasteiger partial charge in [0.25, 0.3) is 0 Å². The van der Waals surface area contributed by atoms with Gasteiger partial charge in [0.1, 0.15) is 5.75 Å². The quantitative estimate of drug-likeness (QED) is 0.848. The average Bonchev–Trinajstić information content (AvgIpc) is 2.46. The van der Waals surface area contributed by atoms with Crippen LogP contribution in [0.1, 0.15) is 44.9 Å². The van der Waals surface area contributed by atoms with E-state index in [9.17, 15) is 0 Å². The summed E-state index contributed by atoms with van der Waals surface area (Å²) in [5.41, 5.74) is 2.26. The Morgan fingerprint density at radius 2 is 1.76 bits per heavy atom. The summed E-state index contributed by atoms with van der Waals surface area (Å²) in [5.74, 6) is 1.85. The third-order valence-electron chi connectivity index (χ3n) is 3.15. The van der Waals surface area contributed by atoms with Gasteiger partial charge in [-0.15, -0.1) is 0 Å². The summed E-state index contributed by atoms with van der Waals surface area (Å²) in [6.07, 6.45) is 0. The molecular weight excluding hydrogens is 260 g/mol. The summed E-state index contributed by atoms with van der Waals surface area (Å²) < 4.78 is 5.88. The summed E-state index contributed by atoms with van der Waals surface area (Å²) in [7, 11) is 0. The number of rotatable bonds is 6. The summed E-state index contributed by atoms with van der Waals surface area (Å²) in [4.78, 5) is 4.61. The van der Waals surface area contributed by atoms with E-state index in [1.165, 1.54) is 5.56 Å². The van der Waals surface area contributed by atoms with Gasteiger partial charge in [-0.05, 0) is 29.7 Å². The Hall–Kier alpha value is -1.87. The molecule has 0 aliphatic carbocycles. The van der Waals surface area contributed by atoms with E-state index in [1.807, 2.05) is 36.4 Å². The number of nitrogens with one attached hydrogen (secondary N) is 1. The van der Waals surface area contributed by atoms with Crippen molar-refractivity contribution in [2.45, 2.75) is 46.2 Å². The number of para-hydroxylation sites is 1. The highest BCUT2D eigenvalue weighted by Crippen LogP contribution is 2.23. The molecule has 0 amide bonds. The van der Waals surface area contributed by atoms with Crippen LogP contribution in [0.2, 0.25) is 0 Å². The second kappa shape index (κ2) is 7.23. The molecule has 0 bridgehead atoms. The lowest BCUT2D eigenvalue weighted by Crippen LogP contribution is -2.22. The third kappa shape index (κ3) is 4.87. The van der Waals surface area contributed by atoms with Crippen LogP contribution in [0, 0.1) is 0 Å². The van der Waals surface area contributed by atoms with Gasteiger partial charge in [-0.25, -0.2) is 4.98 Å². The van der Waals surface area contributed by atoms with Gasteiger partial charge in [-0.2, -0.15) is 0 Å². The molecule has 2 aromatic rings. The molecule has 0 unspecified atom stereocenters. The monoisotopic (exact) mass is 284 g/mol. The SMILES string of the molecule is CC(C)NCc1cc(Oc2ccccc2)nc(C(C)C)c1. The van der Waals surface area contributed by atoms with E-state index in [0.717, 1.165) is 18.0 Å². The van der Waals surface area contributed by atoms with Gasteiger partial charge in [-0.3, -0.25) is 0 Å². The van der Waals surface area contributed by atoms with Gasteiger partial charge >= 0.3 is 0 Å². The molecule has 1 aromatic heterocycles. The van der Waals surface area contributed by atoms with E-state index in [-0.39, 0.29) is 0 Å². The minimum absolute atomic E-state index is 0.377. The van der Waals surface area contributed by atoms with Gasteiger partial charge in [0.05, 0.1) is 0 Å². The molecular formula is C18H24N2O. The molecule has 0 atom stereocenters. The van der Waals surface area contributed by atoms with Crippen LogP contribution in [0.5, 0.6) is 11.6 Å². The summed E-state index contributed by atoms with van der Waals surface area (Å²) in [6.45, 7) is 9.41. The number of ether oxygens (including phenoxy) is 1. The van der Waals surface area contributed by atoms with Gasteiger partial charge in [0, 0.05) is 24.3 Å². The predicted molar refractivity (Wildman–Crippen MR) is 86.8 cm³/mol. The van der Waals surface area contributed by atoms with E-state index in [0.29, 0.717) is 17.8 Å². The van der Waals surface area contributed by atoms with Crippen LogP contribution in [-0.2, 0) is 6.54 Å². The zero-order valence-electron chi connectivity index (χ0n) is 13.3. The number of nitrogens with zero attached hydrogens (tertiary/aromatic N) is 1. The molecule has 1 heterocycles. The lowest BCUT2D eigenvalue weighted by atomic mass is 10.1. The third-order valence-corrected chi connectivity index (χ3v) is 3.15. The fourth-order valence-corrected chi connectivity index (χ4v) is 1.96. The first-order valence-electron chi connectivity index (χ1n) is 7.51. The van der Waals surface area contributed by atoms with Crippen molar-refractivity contribution in [1.82, 2.24) is 10.3 Å². The smallest absolute Gasteiger partial charge is 0.219 e. The minimum Gasteiger partial charge on any atom is -0.439 e. The Balaban J connectivity index is 2.23. The van der Waals surface area contributed by atoms with Crippen LogP contribution in [0.4, 0.5) is 0 Å². The maximum absolute atomic E-state index is 5.88. The van der Waals surface area contributed by atoms with Crippen LogP contribution < -0.4 is 10.1 Å². The largest absolute Gasteiger partial charge is 0.439 e. The predicted octanol–water partition coefficient (Wildman–Crippen LogP) is 4.50. The highest BCUT2D eigenvalue weighted by atomic mass is 16.5. The number of hydrogen-bond acceptors (Lipinski definition) is 3. The van der Waals surface area contributed by atoms with Crippen LogP contribution in [-0.4, -0.2) is 11.0 Å². The van der Waals surface area contributed by atoms with Crippen molar-refractivity contribution < 1.29 is 4.74 Å². The fourth-order valence-electron chi connectivity index (χ4n) is 1.96. The Labute approximate surface area is 127 Å². The standard InChI is InChI=1S/C18H24N2O/c1-13(2)17-10-15(12-19-14(3)4)11-18(20-17)21-16-8-6-5-7-9-16/h5-11,13-14,19H,12H2,1-4H3. The number of benzene rings is 1. The maximum atomic E-state index is 5.88. The zero-order valence-corrected chi connectivity index (χ0v) is 13.3. The first kappa shape index (κ1) is 15.5. The molecule has 0 radical (unpaired) electrons. The van der Waals surface area contributed by atoms with Gasteiger partial charge < -0.3 is 10.1 Å². The Kier molecular flexibility index (Phi) is 5.34. The Morgan fingerprint density at radius 1 is 1.05 bits per heavy atom. The second-order valence-corrected chi connectivity index (χ2v) is 5.84. The van der Waals surface area contributed by atoms with Crippen molar-refractivity contribution in [3.8, 4) is 11.6 Å². The van der Waals surface area contributed by atoms with Crippen molar-refractivity contribution in [2.75, 3.05) is 0 Å². The first-order valence-corrected chi connectivity index (χ1v) is 7.51. The summed E-state index contributed by atoms with van der Waals surface area (Å²) in [6, 6.07) is 14.4. The van der Waals surface area contributed by atoms with Crippen molar-refractivity contribution in [1.29, 1.82) is 0 Å². The number of aromatic nitrogens is 1. The van der Waals surface area contributed by atoms with Crippen LogP contribution in [0.25, 0.3) is 0 Å². The Bertz CT molecular complexity index is 565. The topological polar surface area (TPSA) is 34.1 Å². The fraction of sp³-hybridized carbons (Fsp3) is 0.389. The van der Waals surface area contributed by atoms with Gasteiger partial charge in [0.15, 0.2) is 0 Å². The van der Waals surface area contributed by atoms with Gasteiger partial charge in [0.2, 0.25) is 5.88 Å². The lowest BCUT2D eigenvalue weighted by molar-refractivity contribution is 0.457. The van der Waals surface area contributed by atoms with E-state index < -0.39 is 0 Å². The lowest BCUT2D eigenvalue weighted by Gasteiger charge is -2.13. The van der Waals surface area contributed by atoms with Crippen molar-refractivity contribution in [2.24, 2.45) is 0 Å². The molecule has 0 saturated heterocycles. The zero-order chi connectivity index (χ0) is 15.2. The highest BCUT2D eigenvalue weighted by molar-refractivity contribution is 5.31. The Morgan fingerprint density at radius 3 is 2.38 bits per heavy atom. The molecule has 1 N–H and O–H groups in total. The van der Waals surface area contributed by atoms with E-state index in [4.69, 9.17) is 4.74 Å².